The van der Waals surface area contributed by atoms with Crippen LogP contribution in [0.25, 0.3) is 0 Å². The van der Waals surface area contributed by atoms with Crippen LogP contribution in [0.5, 0.6) is 5.88 Å². The predicted octanol–water partition coefficient (Wildman–Crippen LogP) is -0.548. The summed E-state index contributed by atoms with van der Waals surface area (Å²) >= 11 is 0. The molecule has 0 radical (unpaired) electrons. The van der Waals surface area contributed by atoms with Gasteiger partial charge in [-0.25, -0.2) is 14.6 Å². The van der Waals surface area contributed by atoms with Crippen molar-refractivity contribution in [3.63, 3.8) is 0 Å². The van der Waals surface area contributed by atoms with Crippen LogP contribution in [0.3, 0.4) is 0 Å². The van der Waals surface area contributed by atoms with E-state index in [1.165, 1.54) is 19.5 Å². The van der Waals surface area contributed by atoms with Crippen LogP contribution in [0.15, 0.2) is 18.6 Å². The molecule has 0 aromatic carbocycles. The summed E-state index contributed by atoms with van der Waals surface area (Å²) in [5.74, 6) is -0.157. The smallest absolute Gasteiger partial charge is 0.243 e. The van der Waals surface area contributed by atoms with Gasteiger partial charge in [0.2, 0.25) is 11.7 Å². The monoisotopic (exact) mass is 260 g/mol. The maximum Gasteiger partial charge on any atom is 0.243 e. The molecule has 1 fully saturated rings. The van der Waals surface area contributed by atoms with Crippen LogP contribution in [-0.2, 0) is 0 Å². The van der Waals surface area contributed by atoms with Crippen LogP contribution in [0.2, 0.25) is 0 Å². The van der Waals surface area contributed by atoms with Crippen LogP contribution in [0.4, 0.5) is 0 Å². The van der Waals surface area contributed by atoms with Gasteiger partial charge in [0.1, 0.15) is 0 Å². The van der Waals surface area contributed by atoms with Gasteiger partial charge in [-0.1, -0.05) is 5.21 Å². The van der Waals surface area contributed by atoms with E-state index in [4.69, 9.17) is 4.74 Å². The molecule has 0 atom stereocenters. The number of rotatable bonds is 4. The lowest BCUT2D eigenvalue weighted by Gasteiger charge is -2.26. The summed E-state index contributed by atoms with van der Waals surface area (Å²) in [5.41, 5.74) is 0.384. The van der Waals surface area contributed by atoms with Crippen molar-refractivity contribution >= 4 is 5.78 Å². The number of carbonyl (C=O) groups is 1. The minimum Gasteiger partial charge on any atom is -0.479 e. The standard InChI is InChI=1S/C11H12N6O2/c1-19-11-9(13-2-3-14-11)10(18)8-6-17(16-15-8)7-4-12-5-7/h2-3,6-7,12H,4-5H2,1H3. The predicted molar refractivity (Wildman–Crippen MR) is 63.9 cm³/mol. The van der Waals surface area contributed by atoms with Crippen LogP contribution in [0.1, 0.15) is 22.2 Å². The van der Waals surface area contributed by atoms with Crippen molar-refractivity contribution in [2.45, 2.75) is 6.04 Å². The van der Waals surface area contributed by atoms with Crippen molar-refractivity contribution in [3.8, 4) is 5.88 Å². The van der Waals surface area contributed by atoms with Gasteiger partial charge in [-0.15, -0.1) is 5.10 Å². The maximum absolute atomic E-state index is 12.3. The summed E-state index contributed by atoms with van der Waals surface area (Å²) in [6.45, 7) is 1.68. The fourth-order valence-electron chi connectivity index (χ4n) is 1.77. The van der Waals surface area contributed by atoms with Gasteiger partial charge in [0.05, 0.1) is 19.3 Å². The number of ketones is 1. The molecule has 0 aliphatic carbocycles. The Labute approximate surface area is 108 Å². The molecule has 1 aliphatic rings. The second kappa shape index (κ2) is 4.73. The number of aromatic nitrogens is 5. The zero-order valence-electron chi connectivity index (χ0n) is 10.3. The van der Waals surface area contributed by atoms with Gasteiger partial charge in [-0.05, 0) is 0 Å². The van der Waals surface area contributed by atoms with Gasteiger partial charge < -0.3 is 10.1 Å². The summed E-state index contributed by atoms with van der Waals surface area (Å²) in [7, 11) is 1.44. The van der Waals surface area contributed by atoms with Crippen molar-refractivity contribution in [1.82, 2.24) is 30.3 Å². The molecule has 98 valence electrons. The van der Waals surface area contributed by atoms with Crippen LogP contribution in [0, 0.1) is 0 Å². The number of nitrogens with one attached hydrogen (secondary N) is 1. The first-order valence-electron chi connectivity index (χ1n) is 5.82. The average Bonchev–Trinajstić information content (AvgIpc) is 2.85. The number of ether oxygens (including phenoxy) is 1. The van der Waals surface area contributed by atoms with Gasteiger partial charge in [0, 0.05) is 25.5 Å². The van der Waals surface area contributed by atoms with E-state index < -0.39 is 0 Å². The summed E-state index contributed by atoms with van der Waals surface area (Å²) in [6, 6.07) is 0.262. The molecule has 0 bridgehead atoms. The average molecular weight is 260 g/mol. The third kappa shape index (κ3) is 2.06. The minimum atomic E-state index is -0.344. The first-order valence-corrected chi connectivity index (χ1v) is 5.82. The highest BCUT2D eigenvalue weighted by Gasteiger charge is 2.24. The zero-order valence-corrected chi connectivity index (χ0v) is 10.3. The first-order chi connectivity index (χ1) is 9.29. The highest BCUT2D eigenvalue weighted by atomic mass is 16.5. The number of hydrogen-bond donors (Lipinski definition) is 1. The fourth-order valence-corrected chi connectivity index (χ4v) is 1.77. The Kier molecular flexibility index (Phi) is 2.92. The summed E-state index contributed by atoms with van der Waals surface area (Å²) in [5, 5.41) is 11.0. The van der Waals surface area contributed by atoms with Gasteiger partial charge in [0.25, 0.3) is 0 Å². The van der Waals surface area contributed by atoms with E-state index in [1.807, 2.05) is 0 Å². The minimum absolute atomic E-state index is 0.142. The van der Waals surface area contributed by atoms with E-state index in [9.17, 15) is 4.79 Å². The van der Waals surface area contributed by atoms with Crippen molar-refractivity contribution in [1.29, 1.82) is 0 Å². The largest absolute Gasteiger partial charge is 0.479 e. The quantitative estimate of drug-likeness (QED) is 0.737. The van der Waals surface area contributed by atoms with E-state index in [0.717, 1.165) is 13.1 Å². The molecule has 19 heavy (non-hydrogen) atoms. The second-order valence-corrected chi connectivity index (χ2v) is 4.14. The van der Waals surface area contributed by atoms with E-state index in [2.05, 4.69) is 25.6 Å². The van der Waals surface area contributed by atoms with Crippen molar-refractivity contribution < 1.29 is 9.53 Å². The van der Waals surface area contributed by atoms with Crippen LogP contribution >= 0.6 is 0 Å². The molecular formula is C11H12N6O2. The van der Waals surface area contributed by atoms with Crippen molar-refractivity contribution in [2.24, 2.45) is 0 Å². The van der Waals surface area contributed by atoms with Gasteiger partial charge in [-0.2, -0.15) is 0 Å². The fraction of sp³-hybridized carbons (Fsp3) is 0.364. The van der Waals surface area contributed by atoms with E-state index in [-0.39, 0.29) is 29.1 Å². The summed E-state index contributed by atoms with van der Waals surface area (Å²) < 4.78 is 6.70. The molecule has 3 heterocycles. The van der Waals surface area contributed by atoms with Gasteiger partial charge in [-0.3, -0.25) is 4.79 Å². The summed E-state index contributed by atoms with van der Waals surface area (Å²) in [6.07, 6.45) is 4.53. The Hall–Kier alpha value is -2.35. The highest BCUT2D eigenvalue weighted by molar-refractivity contribution is 6.07. The maximum atomic E-state index is 12.3. The van der Waals surface area contributed by atoms with E-state index in [1.54, 1.807) is 10.9 Å². The Morgan fingerprint density at radius 2 is 2.21 bits per heavy atom. The molecule has 0 amide bonds. The van der Waals surface area contributed by atoms with E-state index >= 15 is 0 Å². The Balaban J connectivity index is 1.88. The number of nitrogens with zero attached hydrogens (tertiary/aromatic N) is 5. The molecule has 3 rings (SSSR count). The number of carbonyl (C=O) groups excluding carboxylic acids is 1. The molecule has 8 heteroatoms. The molecular weight excluding hydrogens is 248 g/mol. The number of methoxy groups -OCH3 is 1. The normalized spacial score (nSPS) is 15.0. The van der Waals surface area contributed by atoms with Crippen molar-refractivity contribution in [3.05, 3.63) is 30.0 Å². The molecule has 0 spiro atoms. The van der Waals surface area contributed by atoms with Crippen LogP contribution in [-0.4, -0.2) is 50.9 Å². The van der Waals surface area contributed by atoms with E-state index in [0.29, 0.717) is 0 Å². The third-order valence-corrected chi connectivity index (χ3v) is 2.95. The summed E-state index contributed by atoms with van der Waals surface area (Å²) in [4.78, 5) is 20.2. The Bertz CT molecular complexity index is 607. The molecule has 2 aromatic heterocycles. The second-order valence-electron chi connectivity index (χ2n) is 4.14. The molecule has 1 saturated heterocycles. The molecule has 0 saturated carbocycles. The van der Waals surface area contributed by atoms with Crippen molar-refractivity contribution in [2.75, 3.05) is 20.2 Å². The Morgan fingerprint density at radius 3 is 2.89 bits per heavy atom. The lowest BCUT2D eigenvalue weighted by atomic mass is 10.2. The molecule has 2 aromatic rings. The van der Waals surface area contributed by atoms with Gasteiger partial charge >= 0.3 is 0 Å². The SMILES string of the molecule is COc1nccnc1C(=O)c1cn(C2CNC2)nn1. The lowest BCUT2D eigenvalue weighted by Crippen LogP contribution is -2.43. The highest BCUT2D eigenvalue weighted by Crippen LogP contribution is 2.16. The molecule has 1 N–H and O–H groups in total. The zero-order chi connectivity index (χ0) is 13.2. The molecule has 1 aliphatic heterocycles. The Morgan fingerprint density at radius 1 is 1.42 bits per heavy atom. The van der Waals surface area contributed by atoms with Gasteiger partial charge in [0.15, 0.2) is 11.4 Å². The first kappa shape index (κ1) is 11.7. The molecule has 0 unspecified atom stereocenters. The third-order valence-electron chi connectivity index (χ3n) is 2.95. The topological polar surface area (TPSA) is 94.8 Å². The van der Waals surface area contributed by atoms with Crippen LogP contribution < -0.4 is 10.1 Å². The molecule has 8 nitrogen and oxygen atoms in total. The lowest BCUT2D eigenvalue weighted by molar-refractivity contribution is 0.102. The number of hydrogen-bond acceptors (Lipinski definition) is 7.